The summed E-state index contributed by atoms with van der Waals surface area (Å²) in [7, 11) is 0. The molecule has 0 aliphatic carbocycles. The van der Waals surface area contributed by atoms with Gasteiger partial charge in [-0.2, -0.15) is 0 Å². The average Bonchev–Trinajstić information content (AvgIpc) is 2.55. The van der Waals surface area contributed by atoms with Crippen molar-refractivity contribution in [3.8, 4) is 0 Å². The molecule has 0 bridgehead atoms. The van der Waals surface area contributed by atoms with Gasteiger partial charge in [0.05, 0.1) is 11.6 Å². The lowest BCUT2D eigenvalue weighted by atomic mass is 10.0. The molecule has 0 saturated carbocycles. The predicted molar refractivity (Wildman–Crippen MR) is 98.6 cm³/mol. The zero-order chi connectivity index (χ0) is 18.6. The van der Waals surface area contributed by atoms with E-state index < -0.39 is 5.97 Å². The number of halogens is 1. The number of anilines is 1. The summed E-state index contributed by atoms with van der Waals surface area (Å²) in [5.41, 5.74) is 9.45. The standard InChI is InChI=1S/C19H21ClN2O3/c1-11-4-5-14(8-12(11)2)13(3)22-18(23)10-25-19(24)16-7-6-15(20)9-17(16)21/h4-9,13H,10,21H2,1-3H3,(H,22,23)/t13-/m0/s1. The third kappa shape index (κ3) is 4.97. The molecule has 0 aromatic heterocycles. The molecule has 5 nitrogen and oxygen atoms in total. The number of rotatable bonds is 5. The van der Waals surface area contributed by atoms with Crippen molar-refractivity contribution in [1.29, 1.82) is 0 Å². The minimum Gasteiger partial charge on any atom is -0.452 e. The van der Waals surface area contributed by atoms with Crippen LogP contribution in [0.1, 0.15) is 40.0 Å². The number of aryl methyl sites for hydroxylation is 2. The summed E-state index contributed by atoms with van der Waals surface area (Å²) in [4.78, 5) is 24.0. The lowest BCUT2D eigenvalue weighted by molar-refractivity contribution is -0.124. The van der Waals surface area contributed by atoms with Crippen molar-refractivity contribution in [2.75, 3.05) is 12.3 Å². The van der Waals surface area contributed by atoms with Gasteiger partial charge in [-0.25, -0.2) is 4.79 Å². The van der Waals surface area contributed by atoms with E-state index >= 15 is 0 Å². The van der Waals surface area contributed by atoms with Crippen LogP contribution >= 0.6 is 11.6 Å². The van der Waals surface area contributed by atoms with Crippen molar-refractivity contribution in [2.24, 2.45) is 0 Å². The van der Waals surface area contributed by atoms with E-state index in [-0.39, 0.29) is 29.8 Å². The maximum absolute atomic E-state index is 12.0. The zero-order valence-corrected chi connectivity index (χ0v) is 15.2. The molecule has 0 aliphatic heterocycles. The van der Waals surface area contributed by atoms with Crippen LogP contribution in [0.4, 0.5) is 5.69 Å². The number of benzene rings is 2. The second-order valence-electron chi connectivity index (χ2n) is 5.94. The molecule has 6 heteroatoms. The Labute approximate surface area is 152 Å². The lowest BCUT2D eigenvalue weighted by Gasteiger charge is -2.16. The number of esters is 1. The van der Waals surface area contributed by atoms with Crippen LogP contribution in [-0.4, -0.2) is 18.5 Å². The largest absolute Gasteiger partial charge is 0.452 e. The number of nitrogens with one attached hydrogen (secondary N) is 1. The van der Waals surface area contributed by atoms with Gasteiger partial charge in [-0.05, 0) is 55.7 Å². The molecule has 2 aromatic carbocycles. The molecule has 0 saturated heterocycles. The highest BCUT2D eigenvalue weighted by molar-refractivity contribution is 6.31. The minimum absolute atomic E-state index is 0.180. The van der Waals surface area contributed by atoms with E-state index in [1.165, 1.54) is 23.8 Å². The molecule has 0 aliphatic rings. The van der Waals surface area contributed by atoms with E-state index in [1.807, 2.05) is 39.0 Å². The first-order chi connectivity index (χ1) is 11.8. The van der Waals surface area contributed by atoms with Crippen molar-refractivity contribution in [2.45, 2.75) is 26.8 Å². The van der Waals surface area contributed by atoms with Gasteiger partial charge in [0.25, 0.3) is 5.91 Å². The maximum atomic E-state index is 12.0. The monoisotopic (exact) mass is 360 g/mol. The molecular weight excluding hydrogens is 340 g/mol. The van der Waals surface area contributed by atoms with E-state index in [9.17, 15) is 9.59 Å². The van der Waals surface area contributed by atoms with Crippen molar-refractivity contribution < 1.29 is 14.3 Å². The van der Waals surface area contributed by atoms with Crippen molar-refractivity contribution in [1.82, 2.24) is 5.32 Å². The van der Waals surface area contributed by atoms with Crippen LogP contribution in [0.15, 0.2) is 36.4 Å². The number of nitrogens with two attached hydrogens (primary N) is 1. The molecule has 0 heterocycles. The normalized spacial score (nSPS) is 11.7. The number of ether oxygens (including phenoxy) is 1. The van der Waals surface area contributed by atoms with Gasteiger partial charge in [0.1, 0.15) is 0 Å². The quantitative estimate of drug-likeness (QED) is 0.630. The van der Waals surface area contributed by atoms with Crippen LogP contribution in [0.25, 0.3) is 0 Å². The molecule has 2 aromatic rings. The highest BCUT2D eigenvalue weighted by Gasteiger charge is 2.15. The topological polar surface area (TPSA) is 81.4 Å². The van der Waals surface area contributed by atoms with E-state index in [0.29, 0.717) is 5.02 Å². The molecule has 132 valence electrons. The summed E-state index contributed by atoms with van der Waals surface area (Å²) in [6.45, 7) is 5.55. The Kier molecular flexibility index (Phi) is 6.04. The van der Waals surface area contributed by atoms with Gasteiger partial charge < -0.3 is 15.8 Å². The fourth-order valence-electron chi connectivity index (χ4n) is 2.33. The summed E-state index contributed by atoms with van der Waals surface area (Å²) in [5.74, 6) is -1.05. The van der Waals surface area contributed by atoms with Gasteiger partial charge in [-0.1, -0.05) is 29.8 Å². The fourth-order valence-corrected chi connectivity index (χ4v) is 2.51. The van der Waals surface area contributed by atoms with Crippen molar-refractivity contribution in [3.63, 3.8) is 0 Å². The summed E-state index contributed by atoms with van der Waals surface area (Å²) < 4.78 is 5.02. The Hall–Kier alpha value is -2.53. The van der Waals surface area contributed by atoms with E-state index in [0.717, 1.165) is 11.1 Å². The number of amides is 1. The average molecular weight is 361 g/mol. The smallest absolute Gasteiger partial charge is 0.340 e. The number of hydrogen-bond acceptors (Lipinski definition) is 4. The summed E-state index contributed by atoms with van der Waals surface area (Å²) >= 11 is 5.79. The Morgan fingerprint density at radius 2 is 1.88 bits per heavy atom. The third-order valence-corrected chi connectivity index (χ3v) is 4.21. The second-order valence-corrected chi connectivity index (χ2v) is 6.38. The second kappa shape index (κ2) is 8.03. The first kappa shape index (κ1) is 18.8. The summed E-state index contributed by atoms with van der Waals surface area (Å²) in [6.07, 6.45) is 0. The molecular formula is C19H21ClN2O3. The molecule has 3 N–H and O–H groups in total. The van der Waals surface area contributed by atoms with Crippen molar-refractivity contribution >= 4 is 29.2 Å². The minimum atomic E-state index is -0.664. The highest BCUT2D eigenvalue weighted by Crippen LogP contribution is 2.19. The van der Waals surface area contributed by atoms with Crippen LogP contribution in [0.5, 0.6) is 0 Å². The Morgan fingerprint density at radius 3 is 2.52 bits per heavy atom. The van der Waals surface area contributed by atoms with Crippen LogP contribution in [0, 0.1) is 13.8 Å². The van der Waals surface area contributed by atoms with E-state index in [1.54, 1.807) is 0 Å². The Morgan fingerprint density at radius 1 is 1.16 bits per heavy atom. The van der Waals surface area contributed by atoms with Gasteiger partial charge >= 0.3 is 5.97 Å². The highest BCUT2D eigenvalue weighted by atomic mass is 35.5. The van der Waals surface area contributed by atoms with Crippen molar-refractivity contribution in [3.05, 3.63) is 63.7 Å². The Bertz CT molecular complexity index is 805. The molecule has 0 radical (unpaired) electrons. The number of hydrogen-bond donors (Lipinski definition) is 2. The fraction of sp³-hybridized carbons (Fsp3) is 0.263. The van der Waals surface area contributed by atoms with Crippen LogP contribution in [0.3, 0.4) is 0 Å². The molecule has 1 atom stereocenters. The molecule has 25 heavy (non-hydrogen) atoms. The zero-order valence-electron chi connectivity index (χ0n) is 14.4. The predicted octanol–water partition coefficient (Wildman–Crippen LogP) is 3.57. The molecule has 0 unspecified atom stereocenters. The first-order valence-corrected chi connectivity index (χ1v) is 8.24. The molecule has 1 amide bonds. The molecule has 0 fully saturated rings. The van der Waals surface area contributed by atoms with E-state index in [2.05, 4.69) is 5.32 Å². The Balaban J connectivity index is 1.91. The maximum Gasteiger partial charge on any atom is 0.340 e. The van der Waals surface area contributed by atoms with E-state index in [4.69, 9.17) is 22.1 Å². The number of carbonyl (C=O) groups is 2. The SMILES string of the molecule is Cc1ccc([C@H](C)NC(=O)COC(=O)c2ccc(Cl)cc2N)cc1C. The molecule has 2 rings (SSSR count). The van der Waals surface area contributed by atoms with Gasteiger partial charge in [0, 0.05) is 10.7 Å². The van der Waals surface area contributed by atoms with Gasteiger partial charge in [0.15, 0.2) is 6.61 Å². The summed E-state index contributed by atoms with van der Waals surface area (Å²) in [6, 6.07) is 10.3. The summed E-state index contributed by atoms with van der Waals surface area (Å²) in [5, 5.41) is 3.23. The van der Waals surface area contributed by atoms with Crippen LogP contribution < -0.4 is 11.1 Å². The number of nitrogen functional groups attached to an aromatic ring is 1. The van der Waals surface area contributed by atoms with Crippen LogP contribution in [0.2, 0.25) is 5.02 Å². The number of carbonyl (C=O) groups excluding carboxylic acids is 2. The lowest BCUT2D eigenvalue weighted by Crippen LogP contribution is -2.31. The first-order valence-electron chi connectivity index (χ1n) is 7.86. The third-order valence-electron chi connectivity index (χ3n) is 3.98. The van der Waals surface area contributed by atoms with Gasteiger partial charge in [-0.15, -0.1) is 0 Å². The molecule has 0 spiro atoms. The van der Waals surface area contributed by atoms with Gasteiger partial charge in [-0.3, -0.25) is 4.79 Å². The van der Waals surface area contributed by atoms with Crippen LogP contribution in [-0.2, 0) is 9.53 Å². The van der Waals surface area contributed by atoms with Gasteiger partial charge in [0.2, 0.25) is 0 Å².